The summed E-state index contributed by atoms with van der Waals surface area (Å²) in [6, 6.07) is 47.3. The molecular weight excluding hydrogens is 480 g/mol. The van der Waals surface area contributed by atoms with Gasteiger partial charge in [-0.3, -0.25) is 4.98 Å². The van der Waals surface area contributed by atoms with Crippen LogP contribution >= 0.6 is 11.3 Å². The number of rotatable bonds is 5. The van der Waals surface area contributed by atoms with Gasteiger partial charge in [-0.05, 0) is 52.6 Å². The molecule has 5 aromatic carbocycles. The third-order valence-electron chi connectivity index (χ3n) is 6.97. The summed E-state index contributed by atoms with van der Waals surface area (Å²) < 4.78 is 2.51. The van der Waals surface area contributed by atoms with E-state index in [0.29, 0.717) is 0 Å². The Morgan fingerprint density at radius 1 is 0.447 bits per heavy atom. The second-order valence-corrected chi connectivity index (χ2v) is 10.3. The first-order chi connectivity index (χ1) is 18.8. The minimum absolute atomic E-state index is 1.09. The van der Waals surface area contributed by atoms with Crippen LogP contribution in [-0.4, -0.2) is 4.98 Å². The van der Waals surface area contributed by atoms with Gasteiger partial charge in [0, 0.05) is 33.0 Å². The van der Waals surface area contributed by atoms with Crippen LogP contribution in [0.4, 0.5) is 17.1 Å². The van der Waals surface area contributed by atoms with E-state index < -0.39 is 0 Å². The van der Waals surface area contributed by atoms with Crippen LogP contribution in [0.3, 0.4) is 0 Å². The summed E-state index contributed by atoms with van der Waals surface area (Å²) >= 11 is 1.82. The Labute approximate surface area is 226 Å². The highest BCUT2D eigenvalue weighted by Crippen LogP contribution is 2.44. The van der Waals surface area contributed by atoms with Crippen LogP contribution in [0.2, 0.25) is 0 Å². The number of pyridine rings is 1. The van der Waals surface area contributed by atoms with Crippen molar-refractivity contribution in [2.24, 2.45) is 0 Å². The van der Waals surface area contributed by atoms with Gasteiger partial charge in [0.2, 0.25) is 0 Å². The van der Waals surface area contributed by atoms with Crippen molar-refractivity contribution in [2.75, 3.05) is 4.90 Å². The average Bonchev–Trinajstić information content (AvgIpc) is 3.39. The molecule has 0 bridgehead atoms. The van der Waals surface area contributed by atoms with Crippen molar-refractivity contribution in [1.82, 2.24) is 4.98 Å². The van der Waals surface area contributed by atoms with Gasteiger partial charge in [-0.25, -0.2) is 0 Å². The number of anilines is 3. The lowest BCUT2D eigenvalue weighted by molar-refractivity contribution is 1.26. The first kappa shape index (κ1) is 22.5. The average molecular weight is 505 g/mol. The van der Waals surface area contributed by atoms with Gasteiger partial charge in [-0.2, -0.15) is 0 Å². The second-order valence-electron chi connectivity index (χ2n) is 9.29. The largest absolute Gasteiger partial charge is 0.308 e. The van der Waals surface area contributed by atoms with Crippen LogP contribution in [0.5, 0.6) is 0 Å². The zero-order valence-electron chi connectivity index (χ0n) is 20.7. The smallest absolute Gasteiger partial charge is 0.0824 e. The number of fused-ring (bicyclic) bond motifs is 3. The molecule has 2 aromatic heterocycles. The number of hydrogen-bond donors (Lipinski definition) is 0. The van der Waals surface area contributed by atoms with Gasteiger partial charge in [0.1, 0.15) is 0 Å². The van der Waals surface area contributed by atoms with E-state index in [1.807, 2.05) is 23.7 Å². The Balaban J connectivity index is 1.39. The maximum absolute atomic E-state index is 4.70. The molecule has 2 heterocycles. The van der Waals surface area contributed by atoms with E-state index in [9.17, 15) is 0 Å². The standard InChI is InChI=1S/C35H24N2S/c1-3-9-25(10-4-1)27-15-19-29(20-16-27)37(30-21-17-28(18-22-30)26-11-5-2-6-12-26)33-24-36-23-32-31-13-7-8-14-34(31)38-35(32)33/h1-24H. The van der Waals surface area contributed by atoms with Crippen molar-refractivity contribution in [3.05, 3.63) is 146 Å². The van der Waals surface area contributed by atoms with Gasteiger partial charge in [0.05, 0.1) is 16.6 Å². The molecule has 0 unspecified atom stereocenters. The van der Waals surface area contributed by atoms with Gasteiger partial charge in [-0.1, -0.05) is 103 Å². The Hall–Kier alpha value is -4.73. The van der Waals surface area contributed by atoms with Crippen molar-refractivity contribution in [1.29, 1.82) is 0 Å². The van der Waals surface area contributed by atoms with Crippen LogP contribution < -0.4 is 4.90 Å². The topological polar surface area (TPSA) is 16.1 Å². The van der Waals surface area contributed by atoms with Gasteiger partial charge < -0.3 is 4.90 Å². The number of benzene rings is 5. The lowest BCUT2D eigenvalue weighted by Crippen LogP contribution is -2.10. The van der Waals surface area contributed by atoms with E-state index in [1.54, 1.807) is 0 Å². The monoisotopic (exact) mass is 504 g/mol. The van der Waals surface area contributed by atoms with Crippen LogP contribution in [0.1, 0.15) is 0 Å². The van der Waals surface area contributed by atoms with E-state index in [0.717, 1.165) is 17.1 Å². The minimum atomic E-state index is 1.09. The third-order valence-corrected chi connectivity index (χ3v) is 8.18. The molecule has 0 saturated carbocycles. The summed E-state index contributed by atoms with van der Waals surface area (Å²) in [5.41, 5.74) is 8.12. The maximum Gasteiger partial charge on any atom is 0.0824 e. The maximum atomic E-state index is 4.70. The molecule has 0 saturated heterocycles. The van der Waals surface area contributed by atoms with E-state index in [2.05, 4.69) is 138 Å². The SMILES string of the molecule is c1ccc(-c2ccc(N(c3ccc(-c4ccccc4)cc3)c3cncc4c3sc3ccccc34)cc2)cc1. The molecule has 3 heteroatoms. The molecule has 2 nitrogen and oxygen atoms in total. The Morgan fingerprint density at radius 2 is 0.947 bits per heavy atom. The highest BCUT2D eigenvalue weighted by atomic mass is 32.1. The minimum Gasteiger partial charge on any atom is -0.308 e. The number of thiophene rings is 1. The predicted octanol–water partition coefficient (Wildman–Crippen LogP) is 10.3. The first-order valence-electron chi connectivity index (χ1n) is 12.7. The third kappa shape index (κ3) is 4.03. The van der Waals surface area contributed by atoms with E-state index in [-0.39, 0.29) is 0 Å². The molecule has 0 aliphatic heterocycles. The summed E-state index contributed by atoms with van der Waals surface area (Å²) in [5.74, 6) is 0. The Morgan fingerprint density at radius 3 is 1.53 bits per heavy atom. The van der Waals surface area contributed by atoms with Crippen molar-refractivity contribution >= 4 is 48.6 Å². The zero-order valence-corrected chi connectivity index (χ0v) is 21.5. The zero-order chi connectivity index (χ0) is 25.3. The fourth-order valence-electron chi connectivity index (χ4n) is 5.08. The quantitative estimate of drug-likeness (QED) is 0.232. The normalized spacial score (nSPS) is 11.2. The van der Waals surface area contributed by atoms with Crippen LogP contribution in [-0.2, 0) is 0 Å². The number of nitrogens with zero attached hydrogens (tertiary/aromatic N) is 2. The molecule has 0 fully saturated rings. The molecule has 180 valence electrons. The second kappa shape index (κ2) is 9.62. The molecule has 7 aromatic rings. The summed E-state index contributed by atoms with van der Waals surface area (Å²) in [7, 11) is 0. The fraction of sp³-hybridized carbons (Fsp3) is 0. The molecule has 0 N–H and O–H groups in total. The van der Waals surface area contributed by atoms with Crippen molar-refractivity contribution < 1.29 is 0 Å². The molecule has 7 rings (SSSR count). The molecule has 0 atom stereocenters. The molecule has 0 aliphatic rings. The van der Waals surface area contributed by atoms with Gasteiger partial charge in [-0.15, -0.1) is 11.3 Å². The van der Waals surface area contributed by atoms with E-state index >= 15 is 0 Å². The Kier molecular flexibility index (Phi) is 5.69. The van der Waals surface area contributed by atoms with Crippen LogP contribution in [0.15, 0.2) is 146 Å². The highest BCUT2D eigenvalue weighted by Gasteiger charge is 2.18. The number of aromatic nitrogens is 1. The summed E-state index contributed by atoms with van der Waals surface area (Å²) in [6.45, 7) is 0. The lowest BCUT2D eigenvalue weighted by Gasteiger charge is -2.26. The summed E-state index contributed by atoms with van der Waals surface area (Å²) in [4.78, 5) is 7.03. The predicted molar refractivity (Wildman–Crippen MR) is 163 cm³/mol. The van der Waals surface area contributed by atoms with Gasteiger partial charge in [0.15, 0.2) is 0 Å². The van der Waals surface area contributed by atoms with E-state index in [4.69, 9.17) is 4.98 Å². The molecule has 0 spiro atoms. The fourth-order valence-corrected chi connectivity index (χ4v) is 6.25. The van der Waals surface area contributed by atoms with Crippen molar-refractivity contribution in [2.45, 2.75) is 0 Å². The molecule has 0 radical (unpaired) electrons. The molecule has 38 heavy (non-hydrogen) atoms. The van der Waals surface area contributed by atoms with E-state index in [1.165, 1.54) is 42.4 Å². The number of hydrogen-bond acceptors (Lipinski definition) is 3. The summed E-state index contributed by atoms with van der Waals surface area (Å²) in [5, 5.41) is 2.44. The lowest BCUT2D eigenvalue weighted by atomic mass is 10.0. The first-order valence-corrected chi connectivity index (χ1v) is 13.5. The molecule has 0 aliphatic carbocycles. The summed E-state index contributed by atoms with van der Waals surface area (Å²) in [6.07, 6.45) is 3.99. The van der Waals surface area contributed by atoms with Crippen molar-refractivity contribution in [3.8, 4) is 22.3 Å². The highest BCUT2D eigenvalue weighted by molar-refractivity contribution is 7.26. The van der Waals surface area contributed by atoms with Gasteiger partial charge >= 0.3 is 0 Å². The molecular formula is C35H24N2S. The van der Waals surface area contributed by atoms with Crippen LogP contribution in [0, 0.1) is 0 Å². The van der Waals surface area contributed by atoms with Crippen molar-refractivity contribution in [3.63, 3.8) is 0 Å². The van der Waals surface area contributed by atoms with Crippen LogP contribution in [0.25, 0.3) is 42.4 Å². The molecule has 0 amide bonds. The Bertz CT molecular complexity index is 1760. The van der Waals surface area contributed by atoms with Gasteiger partial charge in [0.25, 0.3) is 0 Å².